The number of rotatable bonds is 4. The molecule has 0 unspecified atom stereocenters. The minimum absolute atomic E-state index is 0.0538. The number of hydrogen-bond acceptors (Lipinski definition) is 4. The first-order chi connectivity index (χ1) is 9.33. The maximum atomic E-state index is 12.2. The maximum Gasteiger partial charge on any atom is 0.281 e. The molecule has 2 N–H and O–H groups in total. The van der Waals surface area contributed by atoms with E-state index in [-0.39, 0.29) is 16.5 Å². The third-order valence-electron chi connectivity index (χ3n) is 2.77. The van der Waals surface area contributed by atoms with Crippen LogP contribution in [-0.4, -0.2) is 23.1 Å². The van der Waals surface area contributed by atoms with Gasteiger partial charge < -0.3 is 9.67 Å². The fourth-order valence-electron chi connectivity index (χ4n) is 1.72. The molecule has 2 aromatic rings. The molecule has 0 aliphatic carbocycles. The molecular weight excluding hydrogens is 302 g/mol. The second kappa shape index (κ2) is 5.34. The molecule has 0 aliphatic rings. The van der Waals surface area contributed by atoms with E-state index in [4.69, 9.17) is 11.6 Å². The summed E-state index contributed by atoms with van der Waals surface area (Å²) in [6.07, 6.45) is 1.45. The predicted octanol–water partition coefficient (Wildman–Crippen LogP) is 2.37. The lowest BCUT2D eigenvalue weighted by molar-refractivity contribution is 0.477. The first-order valence-electron chi connectivity index (χ1n) is 5.88. The zero-order valence-electron chi connectivity index (χ0n) is 11.0. The van der Waals surface area contributed by atoms with Crippen LogP contribution in [0.1, 0.15) is 12.7 Å². The summed E-state index contributed by atoms with van der Waals surface area (Å²) in [5, 5.41) is 9.90. The summed E-state index contributed by atoms with van der Waals surface area (Å²) >= 11 is 5.70. The monoisotopic (exact) mass is 315 g/mol. The number of phenolic OH excluding ortho intramolecular Hbond substituents is 1. The van der Waals surface area contributed by atoms with E-state index in [9.17, 15) is 13.5 Å². The molecule has 0 fully saturated rings. The van der Waals surface area contributed by atoms with Gasteiger partial charge in [-0.05, 0) is 26.0 Å². The standard InChI is InChI=1S/C12H14ClN3O3S/c1-3-16-7-12(14-8(16)2)20(18,19)15-10-5-4-9(13)6-11(10)17/h4-7,15,17H,3H2,1-2H3. The molecule has 0 radical (unpaired) electrons. The summed E-state index contributed by atoms with van der Waals surface area (Å²) in [4.78, 5) is 4.00. The van der Waals surface area contributed by atoms with E-state index in [2.05, 4.69) is 9.71 Å². The third-order valence-corrected chi connectivity index (χ3v) is 4.25. The molecule has 1 heterocycles. The van der Waals surface area contributed by atoms with E-state index in [0.29, 0.717) is 17.4 Å². The topological polar surface area (TPSA) is 84.2 Å². The SMILES string of the molecule is CCn1cc(S(=O)(=O)Nc2ccc(Cl)cc2O)nc1C. The van der Waals surface area contributed by atoms with Crippen LogP contribution >= 0.6 is 11.6 Å². The number of aromatic hydroxyl groups is 1. The van der Waals surface area contributed by atoms with Gasteiger partial charge in [0.05, 0.1) is 5.69 Å². The number of anilines is 1. The number of sulfonamides is 1. The van der Waals surface area contributed by atoms with Crippen LogP contribution in [0.3, 0.4) is 0 Å². The van der Waals surface area contributed by atoms with Crippen molar-refractivity contribution in [1.82, 2.24) is 9.55 Å². The Labute approximate surface area is 122 Å². The molecule has 0 spiro atoms. The molecule has 0 amide bonds. The highest BCUT2D eigenvalue weighted by molar-refractivity contribution is 7.92. The average molecular weight is 316 g/mol. The van der Waals surface area contributed by atoms with Gasteiger partial charge in [0.1, 0.15) is 11.6 Å². The first-order valence-corrected chi connectivity index (χ1v) is 7.74. The highest BCUT2D eigenvalue weighted by Crippen LogP contribution is 2.28. The Morgan fingerprint density at radius 3 is 2.70 bits per heavy atom. The summed E-state index contributed by atoms with van der Waals surface area (Å²) in [7, 11) is -3.85. The molecule has 0 bridgehead atoms. The van der Waals surface area contributed by atoms with E-state index >= 15 is 0 Å². The van der Waals surface area contributed by atoms with Crippen LogP contribution in [0.25, 0.3) is 0 Å². The maximum absolute atomic E-state index is 12.2. The van der Waals surface area contributed by atoms with E-state index in [1.807, 2.05) is 6.92 Å². The summed E-state index contributed by atoms with van der Waals surface area (Å²) < 4.78 is 28.4. The highest BCUT2D eigenvalue weighted by atomic mass is 35.5. The van der Waals surface area contributed by atoms with Gasteiger partial charge in [-0.25, -0.2) is 4.98 Å². The van der Waals surface area contributed by atoms with Crippen LogP contribution in [-0.2, 0) is 16.6 Å². The summed E-state index contributed by atoms with van der Waals surface area (Å²) in [6, 6.07) is 4.13. The Morgan fingerprint density at radius 2 is 2.15 bits per heavy atom. The number of nitrogens with one attached hydrogen (secondary N) is 1. The molecule has 6 nitrogen and oxygen atoms in total. The van der Waals surface area contributed by atoms with Crippen molar-refractivity contribution in [2.45, 2.75) is 25.4 Å². The van der Waals surface area contributed by atoms with Gasteiger partial charge in [-0.15, -0.1) is 0 Å². The lowest BCUT2D eigenvalue weighted by Crippen LogP contribution is -2.13. The number of benzene rings is 1. The molecule has 0 aliphatic heterocycles. The Kier molecular flexibility index (Phi) is 3.92. The van der Waals surface area contributed by atoms with Crippen LogP contribution in [0.5, 0.6) is 5.75 Å². The number of halogens is 1. The van der Waals surface area contributed by atoms with Crippen LogP contribution in [0.2, 0.25) is 5.02 Å². The zero-order chi connectivity index (χ0) is 14.9. The van der Waals surface area contributed by atoms with Crippen molar-refractivity contribution in [1.29, 1.82) is 0 Å². The molecule has 1 aromatic carbocycles. The fraction of sp³-hybridized carbons (Fsp3) is 0.250. The summed E-state index contributed by atoms with van der Waals surface area (Å²) in [5.74, 6) is 0.362. The Bertz CT molecular complexity index is 740. The van der Waals surface area contributed by atoms with E-state index in [0.717, 1.165) is 0 Å². The first kappa shape index (κ1) is 14.7. The lowest BCUT2D eigenvalue weighted by Gasteiger charge is -2.07. The molecule has 8 heteroatoms. The molecule has 0 atom stereocenters. The van der Waals surface area contributed by atoms with Gasteiger partial charge in [-0.2, -0.15) is 8.42 Å². The number of imidazole rings is 1. The quantitative estimate of drug-likeness (QED) is 0.848. The normalized spacial score (nSPS) is 11.6. The van der Waals surface area contributed by atoms with E-state index in [1.165, 1.54) is 24.4 Å². The number of aryl methyl sites for hydroxylation is 2. The smallest absolute Gasteiger partial charge is 0.281 e. The lowest BCUT2D eigenvalue weighted by atomic mass is 10.3. The van der Waals surface area contributed by atoms with E-state index < -0.39 is 10.0 Å². The van der Waals surface area contributed by atoms with Gasteiger partial charge in [0.25, 0.3) is 10.0 Å². The molecular formula is C12H14ClN3O3S. The molecule has 1 aromatic heterocycles. The van der Waals surface area contributed by atoms with Crippen molar-refractivity contribution in [3.05, 3.63) is 35.2 Å². The van der Waals surface area contributed by atoms with Gasteiger partial charge in [0, 0.05) is 23.8 Å². The van der Waals surface area contributed by atoms with Gasteiger partial charge in [0.15, 0.2) is 5.03 Å². The molecule has 0 saturated heterocycles. The number of phenols is 1. The Morgan fingerprint density at radius 1 is 1.45 bits per heavy atom. The Balaban J connectivity index is 2.35. The van der Waals surface area contributed by atoms with Crippen molar-refractivity contribution in [3.63, 3.8) is 0 Å². The van der Waals surface area contributed by atoms with Gasteiger partial charge in [-0.1, -0.05) is 11.6 Å². The number of nitrogens with zero attached hydrogens (tertiary/aromatic N) is 2. The second-order valence-electron chi connectivity index (χ2n) is 4.18. The summed E-state index contributed by atoms with van der Waals surface area (Å²) in [5.41, 5.74) is 0.0538. The highest BCUT2D eigenvalue weighted by Gasteiger charge is 2.20. The minimum Gasteiger partial charge on any atom is -0.506 e. The fourth-order valence-corrected chi connectivity index (χ4v) is 2.97. The predicted molar refractivity (Wildman–Crippen MR) is 76.6 cm³/mol. The second-order valence-corrected chi connectivity index (χ2v) is 6.25. The molecule has 2 rings (SSSR count). The third kappa shape index (κ3) is 2.88. The average Bonchev–Trinajstić information content (AvgIpc) is 2.75. The Hall–Kier alpha value is -1.73. The van der Waals surface area contributed by atoms with Crippen LogP contribution in [0.15, 0.2) is 29.4 Å². The number of aromatic nitrogens is 2. The van der Waals surface area contributed by atoms with Gasteiger partial charge >= 0.3 is 0 Å². The largest absolute Gasteiger partial charge is 0.506 e. The van der Waals surface area contributed by atoms with Crippen molar-refractivity contribution in [2.75, 3.05) is 4.72 Å². The summed E-state index contributed by atoms with van der Waals surface area (Å²) in [6.45, 7) is 4.24. The number of hydrogen-bond donors (Lipinski definition) is 2. The van der Waals surface area contributed by atoms with Crippen molar-refractivity contribution in [2.24, 2.45) is 0 Å². The van der Waals surface area contributed by atoms with Crippen molar-refractivity contribution >= 4 is 27.3 Å². The molecule has 108 valence electrons. The van der Waals surface area contributed by atoms with Crippen molar-refractivity contribution < 1.29 is 13.5 Å². The molecule has 20 heavy (non-hydrogen) atoms. The molecule has 0 saturated carbocycles. The zero-order valence-corrected chi connectivity index (χ0v) is 12.5. The van der Waals surface area contributed by atoms with Gasteiger partial charge in [0.2, 0.25) is 0 Å². The van der Waals surface area contributed by atoms with Gasteiger partial charge in [-0.3, -0.25) is 4.72 Å². The van der Waals surface area contributed by atoms with Crippen molar-refractivity contribution in [3.8, 4) is 5.75 Å². The minimum atomic E-state index is -3.85. The van der Waals surface area contributed by atoms with E-state index in [1.54, 1.807) is 11.5 Å². The van der Waals surface area contributed by atoms with Crippen LogP contribution in [0, 0.1) is 6.92 Å². The van der Waals surface area contributed by atoms with Crippen LogP contribution < -0.4 is 4.72 Å². The van der Waals surface area contributed by atoms with Crippen LogP contribution in [0.4, 0.5) is 5.69 Å².